The molecule has 1 amide bonds. The van der Waals surface area contributed by atoms with Gasteiger partial charge < -0.3 is 4.90 Å². The molecule has 0 bridgehead atoms. The molecule has 0 saturated heterocycles. The molecule has 0 fully saturated rings. The zero-order valence-electron chi connectivity index (χ0n) is 19.1. The van der Waals surface area contributed by atoms with Crippen molar-refractivity contribution in [3.05, 3.63) is 76.0 Å². The monoisotopic (exact) mass is 403 g/mol. The van der Waals surface area contributed by atoms with E-state index in [9.17, 15) is 4.79 Å². The van der Waals surface area contributed by atoms with Gasteiger partial charge in [-0.3, -0.25) is 9.48 Å². The first-order valence-corrected chi connectivity index (χ1v) is 10.9. The number of nitrogens with zero attached hydrogens (tertiary/aromatic N) is 3. The van der Waals surface area contributed by atoms with E-state index in [1.54, 1.807) is 0 Å². The quantitative estimate of drug-likeness (QED) is 0.506. The van der Waals surface area contributed by atoms with Gasteiger partial charge in [-0.1, -0.05) is 55.0 Å². The van der Waals surface area contributed by atoms with Crippen LogP contribution in [0.4, 0.5) is 0 Å². The Hall–Kier alpha value is -2.88. The van der Waals surface area contributed by atoms with Crippen molar-refractivity contribution in [1.82, 2.24) is 14.7 Å². The van der Waals surface area contributed by atoms with E-state index in [4.69, 9.17) is 5.10 Å². The number of rotatable bonds is 7. The Morgan fingerprint density at radius 3 is 2.17 bits per heavy atom. The Bertz CT molecular complexity index is 1010. The second-order valence-corrected chi connectivity index (χ2v) is 7.92. The summed E-state index contributed by atoms with van der Waals surface area (Å²) in [5, 5.41) is 4.94. The molecule has 30 heavy (non-hydrogen) atoms. The van der Waals surface area contributed by atoms with Crippen molar-refractivity contribution in [3.8, 4) is 11.3 Å². The molecule has 2 aromatic carbocycles. The van der Waals surface area contributed by atoms with Gasteiger partial charge in [-0.05, 0) is 57.7 Å². The number of carbonyl (C=O) groups is 1. The first kappa shape index (κ1) is 21.8. The molecule has 0 radical (unpaired) electrons. The van der Waals surface area contributed by atoms with Gasteiger partial charge in [0, 0.05) is 30.8 Å². The van der Waals surface area contributed by atoms with Crippen LogP contribution in [-0.2, 0) is 19.5 Å². The van der Waals surface area contributed by atoms with Crippen LogP contribution in [0.25, 0.3) is 11.3 Å². The topological polar surface area (TPSA) is 38.1 Å². The Morgan fingerprint density at radius 2 is 1.63 bits per heavy atom. The smallest absolute Gasteiger partial charge is 0.272 e. The molecule has 0 aliphatic heterocycles. The fourth-order valence-corrected chi connectivity index (χ4v) is 4.34. The first-order chi connectivity index (χ1) is 14.4. The van der Waals surface area contributed by atoms with Crippen LogP contribution in [-0.4, -0.2) is 27.1 Å². The normalized spacial score (nSPS) is 11.0. The third-order valence-electron chi connectivity index (χ3n) is 5.71. The van der Waals surface area contributed by atoms with Gasteiger partial charge in [0.25, 0.3) is 5.91 Å². The van der Waals surface area contributed by atoms with Crippen molar-refractivity contribution in [3.63, 3.8) is 0 Å². The standard InChI is InChI=1S/C26H33N3O/c1-7-22-24(23-19(5)15-18(4)16-20(23)6)27-29(9-3)25(22)26(30)28(8-2)17-21-13-11-10-12-14-21/h10-16H,7-9,17H2,1-6H3. The molecule has 0 atom stereocenters. The lowest BCUT2D eigenvalue weighted by atomic mass is 9.94. The molecule has 0 saturated carbocycles. The summed E-state index contributed by atoms with van der Waals surface area (Å²) in [6, 6.07) is 14.6. The van der Waals surface area contributed by atoms with Crippen LogP contribution in [0, 0.1) is 20.8 Å². The lowest BCUT2D eigenvalue weighted by Gasteiger charge is -2.22. The molecule has 0 N–H and O–H groups in total. The number of hydrogen-bond donors (Lipinski definition) is 0. The minimum Gasteiger partial charge on any atom is -0.333 e. The highest BCUT2D eigenvalue weighted by Crippen LogP contribution is 2.33. The van der Waals surface area contributed by atoms with E-state index in [2.05, 4.69) is 58.9 Å². The first-order valence-electron chi connectivity index (χ1n) is 10.9. The van der Waals surface area contributed by atoms with Crippen LogP contribution in [0.2, 0.25) is 0 Å². The predicted molar refractivity (Wildman–Crippen MR) is 124 cm³/mol. The predicted octanol–water partition coefficient (Wildman–Crippen LogP) is 5.72. The minimum atomic E-state index is 0.0567. The second kappa shape index (κ2) is 9.29. The van der Waals surface area contributed by atoms with Gasteiger partial charge in [0.05, 0.1) is 5.69 Å². The van der Waals surface area contributed by atoms with Crippen molar-refractivity contribution >= 4 is 5.91 Å². The molecule has 0 aliphatic rings. The van der Waals surface area contributed by atoms with Crippen molar-refractivity contribution in [1.29, 1.82) is 0 Å². The van der Waals surface area contributed by atoms with Gasteiger partial charge in [-0.2, -0.15) is 5.10 Å². The van der Waals surface area contributed by atoms with Crippen LogP contribution >= 0.6 is 0 Å². The van der Waals surface area contributed by atoms with E-state index in [0.717, 1.165) is 34.5 Å². The van der Waals surface area contributed by atoms with Gasteiger partial charge in [0.15, 0.2) is 0 Å². The van der Waals surface area contributed by atoms with E-state index >= 15 is 0 Å². The second-order valence-electron chi connectivity index (χ2n) is 7.92. The zero-order valence-corrected chi connectivity index (χ0v) is 19.1. The average molecular weight is 404 g/mol. The molecule has 4 heteroatoms. The average Bonchev–Trinajstić information content (AvgIpc) is 3.09. The highest BCUT2D eigenvalue weighted by molar-refractivity contribution is 5.96. The summed E-state index contributed by atoms with van der Waals surface area (Å²) in [6.07, 6.45) is 0.770. The fourth-order valence-electron chi connectivity index (χ4n) is 4.34. The Labute approximate surface area is 180 Å². The molecule has 1 heterocycles. The fraction of sp³-hybridized carbons (Fsp3) is 0.385. The molecule has 4 nitrogen and oxygen atoms in total. The van der Waals surface area contributed by atoms with Crippen LogP contribution in [0.1, 0.15) is 59.1 Å². The number of hydrogen-bond acceptors (Lipinski definition) is 2. The van der Waals surface area contributed by atoms with Crippen molar-refractivity contribution < 1.29 is 4.79 Å². The van der Waals surface area contributed by atoms with Crippen LogP contribution in [0.5, 0.6) is 0 Å². The van der Waals surface area contributed by atoms with Crippen molar-refractivity contribution in [2.24, 2.45) is 0 Å². The number of amides is 1. The lowest BCUT2D eigenvalue weighted by Crippen LogP contribution is -2.32. The Morgan fingerprint density at radius 1 is 1.00 bits per heavy atom. The molecular weight excluding hydrogens is 370 g/mol. The maximum Gasteiger partial charge on any atom is 0.272 e. The molecule has 3 aromatic rings. The summed E-state index contributed by atoms with van der Waals surface area (Å²) < 4.78 is 1.89. The largest absolute Gasteiger partial charge is 0.333 e. The third-order valence-corrected chi connectivity index (χ3v) is 5.71. The number of aryl methyl sites for hydroxylation is 4. The summed E-state index contributed by atoms with van der Waals surface area (Å²) in [5.74, 6) is 0.0567. The number of carbonyl (C=O) groups excluding carboxylic acids is 1. The van der Waals surface area contributed by atoms with Crippen LogP contribution in [0.15, 0.2) is 42.5 Å². The summed E-state index contributed by atoms with van der Waals surface area (Å²) in [5.41, 5.74) is 8.68. The molecule has 0 spiro atoms. The molecule has 158 valence electrons. The van der Waals surface area contributed by atoms with Gasteiger partial charge in [-0.25, -0.2) is 0 Å². The zero-order chi connectivity index (χ0) is 21.8. The molecular formula is C26H33N3O. The molecule has 0 aliphatic carbocycles. The lowest BCUT2D eigenvalue weighted by molar-refractivity contribution is 0.0739. The number of aromatic nitrogens is 2. The highest BCUT2D eigenvalue weighted by atomic mass is 16.2. The van der Waals surface area contributed by atoms with E-state index in [1.807, 2.05) is 34.7 Å². The van der Waals surface area contributed by atoms with E-state index in [-0.39, 0.29) is 5.91 Å². The highest BCUT2D eigenvalue weighted by Gasteiger charge is 2.27. The van der Waals surface area contributed by atoms with Crippen LogP contribution < -0.4 is 0 Å². The van der Waals surface area contributed by atoms with Gasteiger partial charge in [0.2, 0.25) is 0 Å². The SMILES string of the molecule is CCc1c(-c2c(C)cc(C)cc2C)nn(CC)c1C(=O)N(CC)Cc1ccccc1. The summed E-state index contributed by atoms with van der Waals surface area (Å²) in [4.78, 5) is 15.6. The van der Waals surface area contributed by atoms with Gasteiger partial charge >= 0.3 is 0 Å². The van der Waals surface area contributed by atoms with E-state index < -0.39 is 0 Å². The van der Waals surface area contributed by atoms with Crippen LogP contribution in [0.3, 0.4) is 0 Å². The molecule has 3 rings (SSSR count). The Balaban J connectivity index is 2.10. The summed E-state index contributed by atoms with van der Waals surface area (Å²) in [6.45, 7) is 14.5. The number of benzene rings is 2. The van der Waals surface area contributed by atoms with Crippen molar-refractivity contribution in [2.45, 2.75) is 61.1 Å². The summed E-state index contributed by atoms with van der Waals surface area (Å²) >= 11 is 0. The van der Waals surface area contributed by atoms with E-state index in [1.165, 1.54) is 16.7 Å². The van der Waals surface area contributed by atoms with Gasteiger partial charge in [-0.15, -0.1) is 0 Å². The molecule has 1 aromatic heterocycles. The Kier molecular flexibility index (Phi) is 6.76. The molecule has 0 unspecified atom stereocenters. The van der Waals surface area contributed by atoms with Crippen molar-refractivity contribution in [2.75, 3.05) is 6.54 Å². The summed E-state index contributed by atoms with van der Waals surface area (Å²) in [7, 11) is 0. The maximum absolute atomic E-state index is 13.7. The third kappa shape index (κ3) is 4.18. The minimum absolute atomic E-state index is 0.0567. The van der Waals surface area contributed by atoms with Gasteiger partial charge in [0.1, 0.15) is 5.69 Å². The maximum atomic E-state index is 13.7. The van der Waals surface area contributed by atoms with E-state index in [0.29, 0.717) is 19.6 Å².